The molecule has 4 saturated carbocycles. The Morgan fingerprint density at radius 2 is 1.73 bits per heavy atom. The van der Waals surface area contributed by atoms with Crippen LogP contribution >= 0.6 is 0 Å². The molecular weight excluding hydrogens is 416 g/mol. The molecule has 2 saturated heterocycles. The number of aliphatic hydroxyl groups is 2. The summed E-state index contributed by atoms with van der Waals surface area (Å²) in [6, 6.07) is 0. The van der Waals surface area contributed by atoms with E-state index in [1.165, 1.54) is 0 Å². The van der Waals surface area contributed by atoms with Crippen LogP contribution in [-0.4, -0.2) is 45.2 Å². The highest BCUT2D eigenvalue weighted by molar-refractivity contribution is 5.84. The minimum absolute atomic E-state index is 0.0108. The minimum atomic E-state index is -1.12. The average molecular weight is 461 g/mol. The summed E-state index contributed by atoms with van der Waals surface area (Å²) in [6.45, 7) is 12.9. The van der Waals surface area contributed by atoms with Crippen LogP contribution < -0.4 is 0 Å². The number of ketones is 1. The van der Waals surface area contributed by atoms with Crippen molar-refractivity contribution in [3.8, 4) is 0 Å². The van der Waals surface area contributed by atoms with Crippen LogP contribution in [0.2, 0.25) is 0 Å². The average Bonchev–Trinajstić information content (AvgIpc) is 3.20. The number of rotatable bonds is 0. The maximum absolute atomic E-state index is 14.0. The molecule has 1 spiro atoms. The van der Waals surface area contributed by atoms with Gasteiger partial charge < -0.3 is 19.7 Å². The Bertz CT molecular complexity index is 866. The summed E-state index contributed by atoms with van der Waals surface area (Å²) in [5.41, 5.74) is -1.70. The number of hydrogen-bond acceptors (Lipinski definition) is 5. The van der Waals surface area contributed by atoms with Gasteiger partial charge in [-0.25, -0.2) is 0 Å². The Morgan fingerprint density at radius 1 is 1.00 bits per heavy atom. The van der Waals surface area contributed by atoms with Crippen LogP contribution in [0.25, 0.3) is 0 Å². The molecule has 0 aromatic carbocycles. The lowest BCUT2D eigenvalue weighted by Gasteiger charge is -2.60. The summed E-state index contributed by atoms with van der Waals surface area (Å²) >= 11 is 0. The van der Waals surface area contributed by atoms with E-state index in [1.807, 2.05) is 6.92 Å². The summed E-state index contributed by atoms with van der Waals surface area (Å²) in [4.78, 5) is 14.0. The number of fused-ring (bicyclic) bond motifs is 7. The van der Waals surface area contributed by atoms with E-state index in [9.17, 15) is 15.0 Å². The van der Waals surface area contributed by atoms with Gasteiger partial charge in [-0.2, -0.15) is 0 Å². The first kappa shape index (κ1) is 22.9. The molecule has 6 fully saturated rings. The number of carbonyl (C=O) groups excluding carboxylic acids is 1. The molecule has 5 nitrogen and oxygen atoms in total. The summed E-state index contributed by atoms with van der Waals surface area (Å²) in [5.74, 6) is 0.962. The zero-order chi connectivity index (χ0) is 23.8. The smallest absolute Gasteiger partial charge is 0.198 e. The molecule has 6 rings (SSSR count). The highest BCUT2D eigenvalue weighted by atomic mass is 16.7. The van der Waals surface area contributed by atoms with E-state index in [0.717, 1.165) is 38.5 Å². The Kier molecular flexibility index (Phi) is 4.61. The van der Waals surface area contributed by atoms with Crippen molar-refractivity contribution in [2.24, 2.45) is 46.3 Å². The van der Waals surface area contributed by atoms with Crippen LogP contribution in [0.1, 0.15) is 92.9 Å². The molecule has 2 N–H and O–H groups in total. The third kappa shape index (κ3) is 2.72. The SMILES string of the molecule is C[C@H]1CC2(O[C@H]3CC4C5CCC6C[C@H](O)CC[C@]6(C)C5C(=O)C[C@]4(C)C3C2(C)O)OC1(C)C. The molecule has 5 heteroatoms. The lowest BCUT2D eigenvalue weighted by atomic mass is 9.44. The van der Waals surface area contributed by atoms with Gasteiger partial charge in [-0.1, -0.05) is 20.8 Å². The number of aliphatic hydroxyl groups excluding tert-OH is 1. The predicted molar refractivity (Wildman–Crippen MR) is 124 cm³/mol. The molecule has 7 unspecified atom stereocenters. The van der Waals surface area contributed by atoms with Crippen LogP contribution in [0, 0.1) is 46.3 Å². The van der Waals surface area contributed by atoms with Crippen molar-refractivity contribution < 1.29 is 24.5 Å². The van der Waals surface area contributed by atoms with Gasteiger partial charge in [0.15, 0.2) is 5.79 Å². The molecule has 0 amide bonds. The van der Waals surface area contributed by atoms with Gasteiger partial charge in [-0.3, -0.25) is 4.79 Å². The molecule has 0 aromatic heterocycles. The monoisotopic (exact) mass is 460 g/mol. The van der Waals surface area contributed by atoms with E-state index in [2.05, 4.69) is 34.6 Å². The first-order valence-corrected chi connectivity index (χ1v) is 13.6. The molecule has 12 atom stereocenters. The summed E-state index contributed by atoms with van der Waals surface area (Å²) in [6.07, 6.45) is 6.72. The maximum Gasteiger partial charge on any atom is 0.198 e. The van der Waals surface area contributed by atoms with Crippen molar-refractivity contribution >= 4 is 5.78 Å². The lowest BCUT2D eigenvalue weighted by molar-refractivity contribution is -0.298. The molecule has 33 heavy (non-hydrogen) atoms. The van der Waals surface area contributed by atoms with Crippen LogP contribution in [0.3, 0.4) is 0 Å². The Morgan fingerprint density at radius 3 is 2.39 bits per heavy atom. The Labute approximate surface area is 199 Å². The van der Waals surface area contributed by atoms with Gasteiger partial charge in [0.2, 0.25) is 0 Å². The Hall–Kier alpha value is -0.490. The van der Waals surface area contributed by atoms with E-state index in [-0.39, 0.29) is 40.5 Å². The highest BCUT2D eigenvalue weighted by Gasteiger charge is 2.77. The molecular formula is C28H44O5. The second-order valence-corrected chi connectivity index (χ2v) is 14.2. The molecule has 2 heterocycles. The molecule has 0 bridgehead atoms. The molecule has 2 aliphatic heterocycles. The number of hydrogen-bond donors (Lipinski definition) is 2. The minimum Gasteiger partial charge on any atom is -0.393 e. The number of carbonyl (C=O) groups is 1. The maximum atomic E-state index is 14.0. The third-order valence-electron chi connectivity index (χ3n) is 12.2. The fraction of sp³-hybridized carbons (Fsp3) is 0.964. The fourth-order valence-corrected chi connectivity index (χ4v) is 10.4. The van der Waals surface area contributed by atoms with Crippen LogP contribution in [0.4, 0.5) is 0 Å². The van der Waals surface area contributed by atoms with E-state index in [4.69, 9.17) is 9.47 Å². The fourth-order valence-electron chi connectivity index (χ4n) is 10.4. The van der Waals surface area contributed by atoms with Crippen LogP contribution in [0.5, 0.6) is 0 Å². The molecule has 6 aliphatic rings. The van der Waals surface area contributed by atoms with Crippen molar-refractivity contribution in [3.63, 3.8) is 0 Å². The highest BCUT2D eigenvalue weighted by Crippen LogP contribution is 2.72. The first-order chi connectivity index (χ1) is 15.3. The number of ether oxygens (including phenoxy) is 2. The molecule has 0 radical (unpaired) electrons. The van der Waals surface area contributed by atoms with E-state index in [0.29, 0.717) is 42.3 Å². The number of Topliss-reactive ketones (excluding diaryl/α,β-unsaturated/α-hetero) is 1. The van der Waals surface area contributed by atoms with Crippen LogP contribution in [0.15, 0.2) is 0 Å². The van der Waals surface area contributed by atoms with Crippen molar-refractivity contribution in [2.45, 2.75) is 122 Å². The summed E-state index contributed by atoms with van der Waals surface area (Å²) < 4.78 is 13.3. The molecule has 4 aliphatic carbocycles. The third-order valence-corrected chi connectivity index (χ3v) is 12.2. The largest absolute Gasteiger partial charge is 0.393 e. The molecule has 0 aromatic rings. The van der Waals surface area contributed by atoms with Crippen molar-refractivity contribution in [1.82, 2.24) is 0 Å². The van der Waals surface area contributed by atoms with Crippen molar-refractivity contribution in [3.05, 3.63) is 0 Å². The van der Waals surface area contributed by atoms with E-state index >= 15 is 0 Å². The van der Waals surface area contributed by atoms with Gasteiger partial charge >= 0.3 is 0 Å². The summed E-state index contributed by atoms with van der Waals surface area (Å²) in [5, 5.41) is 22.4. The van der Waals surface area contributed by atoms with Gasteiger partial charge in [-0.15, -0.1) is 0 Å². The second kappa shape index (κ2) is 6.63. The van der Waals surface area contributed by atoms with Crippen molar-refractivity contribution in [1.29, 1.82) is 0 Å². The standard InChI is InChI=1S/C28H44O5/c1-15-13-28(33-24(15,2)3)27(6,31)23-21(32-28)12-19-18-8-7-16-11-17(29)9-10-25(16,4)22(18)20(30)14-26(19,23)5/h15-19,21-23,29,31H,7-14H2,1-6H3/t15-,16?,17+,18?,19?,21-,22?,23?,25-,26-,27?,28?/m0/s1. The van der Waals surface area contributed by atoms with E-state index < -0.39 is 11.4 Å². The van der Waals surface area contributed by atoms with Gasteiger partial charge in [0.25, 0.3) is 0 Å². The van der Waals surface area contributed by atoms with E-state index in [1.54, 1.807) is 0 Å². The topological polar surface area (TPSA) is 76.0 Å². The normalized spacial score (nSPS) is 61.5. The van der Waals surface area contributed by atoms with Gasteiger partial charge in [0, 0.05) is 24.7 Å². The van der Waals surface area contributed by atoms with Crippen LogP contribution in [-0.2, 0) is 14.3 Å². The van der Waals surface area contributed by atoms with Gasteiger partial charge in [-0.05, 0) is 93.8 Å². The van der Waals surface area contributed by atoms with Gasteiger partial charge in [0.05, 0.1) is 17.8 Å². The molecule has 186 valence electrons. The lowest BCUT2D eigenvalue weighted by Crippen LogP contribution is -2.61. The van der Waals surface area contributed by atoms with Crippen molar-refractivity contribution in [2.75, 3.05) is 0 Å². The summed E-state index contributed by atoms with van der Waals surface area (Å²) in [7, 11) is 0. The quantitative estimate of drug-likeness (QED) is 0.558. The second-order valence-electron chi connectivity index (χ2n) is 14.2. The zero-order valence-corrected chi connectivity index (χ0v) is 21.4. The zero-order valence-electron chi connectivity index (χ0n) is 21.4. The first-order valence-electron chi connectivity index (χ1n) is 13.6. The predicted octanol–water partition coefficient (Wildman–Crippen LogP) is 4.48. The Balaban J connectivity index is 1.34. The van der Waals surface area contributed by atoms with Gasteiger partial charge in [0.1, 0.15) is 11.4 Å².